The number of guanidine groups is 1. The molecule has 2 rings (SSSR count). The van der Waals surface area contributed by atoms with E-state index in [9.17, 15) is 5.11 Å². The Morgan fingerprint density at radius 1 is 1.32 bits per heavy atom. The Kier molecular flexibility index (Phi) is 10.7. The van der Waals surface area contributed by atoms with E-state index in [4.69, 9.17) is 11.6 Å². The van der Waals surface area contributed by atoms with Gasteiger partial charge in [-0.05, 0) is 50.6 Å². The van der Waals surface area contributed by atoms with Crippen LogP contribution in [0.3, 0.4) is 0 Å². The topological polar surface area (TPSA) is 59.9 Å². The van der Waals surface area contributed by atoms with Crippen molar-refractivity contribution in [3.05, 3.63) is 34.9 Å². The van der Waals surface area contributed by atoms with Gasteiger partial charge in [-0.25, -0.2) is 0 Å². The van der Waals surface area contributed by atoms with Gasteiger partial charge in [-0.3, -0.25) is 9.89 Å². The number of aliphatic hydroxyl groups excluding tert-OH is 1. The van der Waals surface area contributed by atoms with E-state index in [2.05, 4.69) is 27.4 Å². The van der Waals surface area contributed by atoms with Gasteiger partial charge in [0, 0.05) is 24.2 Å². The van der Waals surface area contributed by atoms with E-state index in [0.29, 0.717) is 17.6 Å². The standard InChI is InChI=1S/C18H29ClN4O.HI/c1-3-20-18(21-12-16-6-5-11-23(16)4-2)22-13-17(24)14-7-9-15(19)10-8-14;/h7-10,16-17,24H,3-6,11-13H2,1-2H3,(H2,20,21,22);1H. The largest absolute Gasteiger partial charge is 0.386 e. The average molecular weight is 481 g/mol. The zero-order valence-electron chi connectivity index (χ0n) is 15.0. The Morgan fingerprint density at radius 3 is 2.68 bits per heavy atom. The van der Waals surface area contributed by atoms with E-state index in [1.807, 2.05) is 19.1 Å². The maximum absolute atomic E-state index is 10.3. The van der Waals surface area contributed by atoms with Crippen molar-refractivity contribution < 1.29 is 5.11 Å². The Bertz CT molecular complexity index is 526. The second-order valence-electron chi connectivity index (χ2n) is 6.09. The predicted molar refractivity (Wildman–Crippen MR) is 116 cm³/mol. The maximum atomic E-state index is 10.3. The number of hydrogen-bond donors (Lipinski definition) is 3. The summed E-state index contributed by atoms with van der Waals surface area (Å²) < 4.78 is 0. The summed E-state index contributed by atoms with van der Waals surface area (Å²) in [5.41, 5.74) is 0.826. The van der Waals surface area contributed by atoms with Crippen molar-refractivity contribution in [1.29, 1.82) is 0 Å². The van der Waals surface area contributed by atoms with Crippen LogP contribution in [0.1, 0.15) is 38.4 Å². The summed E-state index contributed by atoms with van der Waals surface area (Å²) in [6, 6.07) is 7.81. The van der Waals surface area contributed by atoms with Crippen LogP contribution in [-0.4, -0.2) is 54.7 Å². The highest BCUT2D eigenvalue weighted by Gasteiger charge is 2.22. The fraction of sp³-hybridized carbons (Fsp3) is 0.611. The molecule has 0 saturated carbocycles. The van der Waals surface area contributed by atoms with Crippen molar-refractivity contribution in [3.63, 3.8) is 0 Å². The van der Waals surface area contributed by atoms with Gasteiger partial charge in [-0.1, -0.05) is 30.7 Å². The van der Waals surface area contributed by atoms with E-state index >= 15 is 0 Å². The summed E-state index contributed by atoms with van der Waals surface area (Å²) >= 11 is 5.88. The van der Waals surface area contributed by atoms with Crippen LogP contribution in [0.2, 0.25) is 5.02 Å². The number of benzene rings is 1. The van der Waals surface area contributed by atoms with Crippen LogP contribution in [0, 0.1) is 0 Å². The molecule has 0 aliphatic carbocycles. The summed E-state index contributed by atoms with van der Waals surface area (Å²) in [7, 11) is 0. The fourth-order valence-electron chi connectivity index (χ4n) is 3.07. The smallest absolute Gasteiger partial charge is 0.191 e. The quantitative estimate of drug-likeness (QED) is 0.319. The zero-order chi connectivity index (χ0) is 17.4. The minimum atomic E-state index is -0.628. The van der Waals surface area contributed by atoms with Gasteiger partial charge in [0.2, 0.25) is 0 Å². The Hall–Kier alpha value is -0.570. The molecule has 0 spiro atoms. The molecule has 25 heavy (non-hydrogen) atoms. The highest BCUT2D eigenvalue weighted by atomic mass is 127. The summed E-state index contributed by atoms with van der Waals surface area (Å²) in [5.74, 6) is 0.758. The first kappa shape index (κ1) is 22.5. The highest BCUT2D eigenvalue weighted by Crippen LogP contribution is 2.17. The molecule has 2 unspecified atom stereocenters. The SMILES string of the molecule is CCNC(=NCC(O)c1ccc(Cl)cc1)NCC1CCCN1CC.I. The van der Waals surface area contributed by atoms with Crippen LogP contribution >= 0.6 is 35.6 Å². The van der Waals surface area contributed by atoms with Crippen LogP contribution < -0.4 is 10.6 Å². The van der Waals surface area contributed by atoms with E-state index in [0.717, 1.165) is 31.2 Å². The molecule has 1 heterocycles. The molecular weight excluding hydrogens is 451 g/mol. The van der Waals surface area contributed by atoms with Crippen molar-refractivity contribution in [2.45, 2.75) is 38.8 Å². The Balaban J connectivity index is 0.00000312. The summed E-state index contributed by atoms with van der Waals surface area (Å²) in [4.78, 5) is 7.02. The first-order valence-electron chi connectivity index (χ1n) is 8.83. The molecular formula is C18H30ClIN4O. The van der Waals surface area contributed by atoms with Crippen molar-refractivity contribution in [1.82, 2.24) is 15.5 Å². The number of likely N-dealkylation sites (tertiary alicyclic amines) is 1. The lowest BCUT2D eigenvalue weighted by molar-refractivity contribution is 0.187. The monoisotopic (exact) mass is 480 g/mol. The first-order chi connectivity index (χ1) is 11.6. The first-order valence-corrected chi connectivity index (χ1v) is 9.21. The summed E-state index contributed by atoms with van der Waals surface area (Å²) in [6.07, 6.45) is 1.87. The molecule has 0 radical (unpaired) electrons. The molecule has 1 aliphatic heterocycles. The van der Waals surface area contributed by atoms with Crippen molar-refractivity contribution >= 4 is 41.5 Å². The number of nitrogens with one attached hydrogen (secondary N) is 2. The van der Waals surface area contributed by atoms with Crippen molar-refractivity contribution in [3.8, 4) is 0 Å². The number of rotatable bonds is 7. The zero-order valence-corrected chi connectivity index (χ0v) is 18.1. The van der Waals surface area contributed by atoms with Gasteiger partial charge in [-0.15, -0.1) is 24.0 Å². The number of nitrogens with zero attached hydrogens (tertiary/aromatic N) is 2. The molecule has 1 saturated heterocycles. The third-order valence-electron chi connectivity index (χ3n) is 4.43. The van der Waals surface area contributed by atoms with Gasteiger partial charge in [0.15, 0.2) is 5.96 Å². The molecule has 0 amide bonds. The molecule has 1 aromatic rings. The average Bonchev–Trinajstić information content (AvgIpc) is 3.05. The fourth-order valence-corrected chi connectivity index (χ4v) is 3.19. The molecule has 2 atom stereocenters. The van der Waals surface area contributed by atoms with Gasteiger partial charge in [0.05, 0.1) is 12.6 Å². The number of aliphatic imine (C=N–C) groups is 1. The summed E-state index contributed by atoms with van der Waals surface area (Å²) in [5, 5.41) is 17.6. The second-order valence-corrected chi connectivity index (χ2v) is 6.53. The van der Waals surface area contributed by atoms with E-state index in [-0.39, 0.29) is 24.0 Å². The lowest BCUT2D eigenvalue weighted by Gasteiger charge is -2.24. The second kappa shape index (κ2) is 11.9. The lowest BCUT2D eigenvalue weighted by atomic mass is 10.1. The Labute approximate surface area is 173 Å². The summed E-state index contributed by atoms with van der Waals surface area (Å²) in [6.45, 7) is 8.53. The minimum Gasteiger partial charge on any atom is -0.386 e. The third kappa shape index (κ3) is 7.29. The maximum Gasteiger partial charge on any atom is 0.191 e. The van der Waals surface area contributed by atoms with Gasteiger partial charge < -0.3 is 15.7 Å². The Morgan fingerprint density at radius 2 is 2.04 bits per heavy atom. The van der Waals surface area contributed by atoms with Crippen LogP contribution in [-0.2, 0) is 0 Å². The lowest BCUT2D eigenvalue weighted by Crippen LogP contribution is -2.45. The normalized spacial score (nSPS) is 19.4. The molecule has 3 N–H and O–H groups in total. The molecule has 1 aliphatic rings. The van der Waals surface area contributed by atoms with Gasteiger partial charge >= 0.3 is 0 Å². The molecule has 1 aromatic carbocycles. The molecule has 5 nitrogen and oxygen atoms in total. The van der Waals surface area contributed by atoms with Crippen LogP contribution in [0.15, 0.2) is 29.3 Å². The van der Waals surface area contributed by atoms with Crippen LogP contribution in [0.25, 0.3) is 0 Å². The minimum absolute atomic E-state index is 0. The van der Waals surface area contributed by atoms with Gasteiger partial charge in [0.25, 0.3) is 0 Å². The van der Waals surface area contributed by atoms with Crippen molar-refractivity contribution in [2.75, 3.05) is 32.7 Å². The van der Waals surface area contributed by atoms with Crippen LogP contribution in [0.4, 0.5) is 0 Å². The predicted octanol–water partition coefficient (Wildman–Crippen LogP) is 3.03. The van der Waals surface area contributed by atoms with E-state index < -0.39 is 6.10 Å². The van der Waals surface area contributed by atoms with Gasteiger partial charge in [-0.2, -0.15) is 0 Å². The van der Waals surface area contributed by atoms with Crippen LogP contribution in [0.5, 0.6) is 0 Å². The number of halogens is 2. The third-order valence-corrected chi connectivity index (χ3v) is 4.68. The molecule has 142 valence electrons. The molecule has 0 bridgehead atoms. The highest BCUT2D eigenvalue weighted by molar-refractivity contribution is 14.0. The molecule has 7 heteroatoms. The number of likely N-dealkylation sites (N-methyl/N-ethyl adjacent to an activating group) is 1. The molecule has 1 fully saturated rings. The van der Waals surface area contributed by atoms with E-state index in [1.54, 1.807) is 12.1 Å². The number of aliphatic hydroxyl groups is 1. The number of hydrogen-bond acceptors (Lipinski definition) is 3. The van der Waals surface area contributed by atoms with Crippen molar-refractivity contribution in [2.24, 2.45) is 4.99 Å². The molecule has 0 aromatic heterocycles. The van der Waals surface area contributed by atoms with Gasteiger partial charge in [0.1, 0.15) is 0 Å². The van der Waals surface area contributed by atoms with E-state index in [1.165, 1.54) is 19.4 Å².